The average Bonchev–Trinajstić information content (AvgIpc) is 3.00. The number of carbonyl (C=O) groups is 1. The third kappa shape index (κ3) is 3.62. The zero-order valence-corrected chi connectivity index (χ0v) is 12.4. The van der Waals surface area contributed by atoms with Gasteiger partial charge >= 0.3 is 0 Å². The monoisotopic (exact) mass is 310 g/mol. The number of benzene rings is 1. The second kappa shape index (κ2) is 6.71. The molecule has 0 spiro atoms. The molecular formula is C16H20F2N2O2. The fourth-order valence-electron chi connectivity index (χ4n) is 3.10. The summed E-state index contributed by atoms with van der Waals surface area (Å²) in [6, 6.07) is 3.52. The molecule has 2 aliphatic heterocycles. The number of rotatable bonds is 3. The molecule has 0 aliphatic carbocycles. The van der Waals surface area contributed by atoms with Crippen molar-refractivity contribution in [3.8, 4) is 0 Å². The Bertz CT molecular complexity index is 527. The molecule has 2 saturated heterocycles. The number of hydrogen-bond acceptors (Lipinski definition) is 3. The highest BCUT2D eigenvalue weighted by Crippen LogP contribution is 2.16. The number of nitrogens with zero attached hydrogens (tertiary/aromatic N) is 2. The van der Waals surface area contributed by atoms with Crippen molar-refractivity contribution in [2.24, 2.45) is 0 Å². The highest BCUT2D eigenvalue weighted by atomic mass is 19.1. The van der Waals surface area contributed by atoms with Gasteiger partial charge < -0.3 is 9.64 Å². The highest BCUT2D eigenvalue weighted by Gasteiger charge is 2.31. The lowest BCUT2D eigenvalue weighted by atomic mass is 10.1. The van der Waals surface area contributed by atoms with Crippen molar-refractivity contribution in [1.82, 2.24) is 9.80 Å². The Labute approximate surface area is 128 Å². The van der Waals surface area contributed by atoms with Crippen LogP contribution in [0.2, 0.25) is 0 Å². The maximum atomic E-state index is 13.2. The van der Waals surface area contributed by atoms with Crippen molar-refractivity contribution in [3.05, 3.63) is 35.4 Å². The average molecular weight is 310 g/mol. The maximum absolute atomic E-state index is 13.2. The Balaban J connectivity index is 1.61. The fourth-order valence-corrected chi connectivity index (χ4v) is 3.10. The van der Waals surface area contributed by atoms with Crippen LogP contribution >= 0.6 is 0 Å². The van der Waals surface area contributed by atoms with Gasteiger partial charge in [-0.3, -0.25) is 9.69 Å². The molecule has 4 nitrogen and oxygen atoms in total. The van der Waals surface area contributed by atoms with Gasteiger partial charge in [0, 0.05) is 38.8 Å². The fraction of sp³-hybridized carbons (Fsp3) is 0.562. The number of carbonyl (C=O) groups excluding carboxylic acids is 1. The van der Waals surface area contributed by atoms with Crippen molar-refractivity contribution in [2.45, 2.75) is 25.5 Å². The number of ether oxygens (including phenoxy) is 1. The molecule has 0 saturated carbocycles. The molecule has 2 heterocycles. The first-order valence-electron chi connectivity index (χ1n) is 7.69. The highest BCUT2D eigenvalue weighted by molar-refractivity contribution is 5.81. The summed E-state index contributed by atoms with van der Waals surface area (Å²) >= 11 is 0. The molecule has 2 aliphatic rings. The molecule has 1 amide bonds. The molecule has 2 fully saturated rings. The predicted molar refractivity (Wildman–Crippen MR) is 77.2 cm³/mol. The van der Waals surface area contributed by atoms with Gasteiger partial charge in [-0.05, 0) is 30.5 Å². The predicted octanol–water partition coefficient (Wildman–Crippen LogP) is 1.79. The molecule has 3 rings (SSSR count). The van der Waals surface area contributed by atoms with Crippen molar-refractivity contribution in [1.29, 1.82) is 0 Å². The van der Waals surface area contributed by atoms with Crippen LogP contribution in [0.5, 0.6) is 0 Å². The first-order chi connectivity index (χ1) is 10.6. The molecule has 1 aromatic rings. The lowest BCUT2D eigenvalue weighted by Gasteiger charge is -2.34. The summed E-state index contributed by atoms with van der Waals surface area (Å²) < 4.78 is 32.1. The van der Waals surface area contributed by atoms with Gasteiger partial charge in [0.1, 0.15) is 17.7 Å². The molecule has 0 N–H and O–H groups in total. The molecule has 0 radical (unpaired) electrons. The summed E-state index contributed by atoms with van der Waals surface area (Å²) in [5.41, 5.74) is 0.576. The van der Waals surface area contributed by atoms with E-state index in [-0.39, 0.29) is 5.91 Å². The minimum atomic E-state index is -0.576. The van der Waals surface area contributed by atoms with Crippen LogP contribution in [0.1, 0.15) is 18.4 Å². The third-order valence-electron chi connectivity index (χ3n) is 4.17. The van der Waals surface area contributed by atoms with Gasteiger partial charge in [-0.2, -0.15) is 0 Å². The van der Waals surface area contributed by atoms with E-state index in [1.807, 2.05) is 9.80 Å². The second-order valence-electron chi connectivity index (χ2n) is 5.90. The standard InChI is InChI=1S/C16H20F2N2O2/c17-13-7-12(8-14(18)9-13)10-19-5-6-22-15(11-19)16(21)20-3-1-2-4-20/h7-9,15H,1-6,10-11H2. The van der Waals surface area contributed by atoms with Gasteiger partial charge in [0.2, 0.25) is 0 Å². The van der Waals surface area contributed by atoms with E-state index in [2.05, 4.69) is 0 Å². The summed E-state index contributed by atoms with van der Waals surface area (Å²) in [4.78, 5) is 16.2. The van der Waals surface area contributed by atoms with E-state index in [9.17, 15) is 13.6 Å². The summed E-state index contributed by atoms with van der Waals surface area (Å²) in [6.07, 6.45) is 1.63. The van der Waals surface area contributed by atoms with Crippen molar-refractivity contribution < 1.29 is 18.3 Å². The van der Waals surface area contributed by atoms with E-state index in [4.69, 9.17) is 4.74 Å². The molecule has 22 heavy (non-hydrogen) atoms. The Hall–Kier alpha value is -1.53. The Morgan fingerprint density at radius 2 is 1.82 bits per heavy atom. The third-order valence-corrected chi connectivity index (χ3v) is 4.17. The molecule has 1 unspecified atom stereocenters. The minimum Gasteiger partial charge on any atom is -0.366 e. The Kier molecular flexibility index (Phi) is 4.69. The van der Waals surface area contributed by atoms with Crippen LogP contribution in [0.25, 0.3) is 0 Å². The van der Waals surface area contributed by atoms with Crippen LogP contribution in [0, 0.1) is 11.6 Å². The number of likely N-dealkylation sites (tertiary alicyclic amines) is 1. The van der Waals surface area contributed by atoms with E-state index >= 15 is 0 Å². The lowest BCUT2D eigenvalue weighted by Crippen LogP contribution is -2.50. The first kappa shape index (κ1) is 15.4. The van der Waals surface area contributed by atoms with Crippen LogP contribution in [0.15, 0.2) is 18.2 Å². The van der Waals surface area contributed by atoms with Gasteiger partial charge in [-0.25, -0.2) is 8.78 Å². The minimum absolute atomic E-state index is 0.0348. The molecule has 0 aromatic heterocycles. The molecule has 1 atom stereocenters. The molecule has 1 aromatic carbocycles. The van der Waals surface area contributed by atoms with Crippen LogP contribution in [0.4, 0.5) is 8.78 Å². The van der Waals surface area contributed by atoms with E-state index < -0.39 is 17.7 Å². The van der Waals surface area contributed by atoms with E-state index in [0.717, 1.165) is 32.0 Å². The largest absolute Gasteiger partial charge is 0.366 e. The summed E-state index contributed by atoms with van der Waals surface area (Å²) in [5.74, 6) is -1.12. The normalized spacial score (nSPS) is 23.0. The first-order valence-corrected chi connectivity index (χ1v) is 7.69. The smallest absolute Gasteiger partial charge is 0.253 e. The SMILES string of the molecule is O=C(C1CN(Cc2cc(F)cc(F)c2)CCO1)N1CCCC1. The Morgan fingerprint density at radius 1 is 1.14 bits per heavy atom. The molecular weight excluding hydrogens is 290 g/mol. The number of hydrogen-bond donors (Lipinski definition) is 0. The van der Waals surface area contributed by atoms with Gasteiger partial charge in [-0.15, -0.1) is 0 Å². The van der Waals surface area contributed by atoms with Crippen LogP contribution in [-0.2, 0) is 16.1 Å². The van der Waals surface area contributed by atoms with Crippen LogP contribution < -0.4 is 0 Å². The van der Waals surface area contributed by atoms with Gasteiger partial charge in [0.25, 0.3) is 5.91 Å². The van der Waals surface area contributed by atoms with Crippen molar-refractivity contribution in [3.63, 3.8) is 0 Å². The molecule has 0 bridgehead atoms. The molecule has 6 heteroatoms. The van der Waals surface area contributed by atoms with E-state index in [1.54, 1.807) is 0 Å². The Morgan fingerprint density at radius 3 is 2.50 bits per heavy atom. The van der Waals surface area contributed by atoms with Crippen molar-refractivity contribution in [2.75, 3.05) is 32.8 Å². The zero-order valence-electron chi connectivity index (χ0n) is 12.4. The summed E-state index contributed by atoms with van der Waals surface area (Å²) in [6.45, 7) is 3.60. The van der Waals surface area contributed by atoms with Gasteiger partial charge in [-0.1, -0.05) is 0 Å². The topological polar surface area (TPSA) is 32.8 Å². The van der Waals surface area contributed by atoms with Crippen molar-refractivity contribution >= 4 is 5.91 Å². The second-order valence-corrected chi connectivity index (χ2v) is 5.90. The lowest BCUT2D eigenvalue weighted by molar-refractivity contribution is -0.148. The molecule has 120 valence electrons. The van der Waals surface area contributed by atoms with E-state index in [0.29, 0.717) is 31.8 Å². The number of amides is 1. The maximum Gasteiger partial charge on any atom is 0.253 e. The number of morpholine rings is 1. The summed E-state index contributed by atoms with van der Waals surface area (Å²) in [7, 11) is 0. The van der Waals surface area contributed by atoms with Crippen LogP contribution in [0.3, 0.4) is 0 Å². The zero-order chi connectivity index (χ0) is 15.5. The quantitative estimate of drug-likeness (QED) is 0.853. The van der Waals surface area contributed by atoms with E-state index in [1.165, 1.54) is 12.1 Å². The van der Waals surface area contributed by atoms with Gasteiger partial charge in [0.05, 0.1) is 6.61 Å². The number of halogens is 2. The van der Waals surface area contributed by atoms with Gasteiger partial charge in [0.15, 0.2) is 0 Å². The summed E-state index contributed by atoms with van der Waals surface area (Å²) in [5, 5.41) is 0. The van der Waals surface area contributed by atoms with Crippen LogP contribution in [-0.4, -0.2) is 54.6 Å².